The molecule has 3 heteroatoms. The summed E-state index contributed by atoms with van der Waals surface area (Å²) in [4.78, 5) is 2.19. The fourth-order valence-corrected chi connectivity index (χ4v) is 2.13. The molecule has 0 aromatic rings. The number of nitrogens with zero attached hydrogens (tertiary/aromatic N) is 1. The SMILES string of the molecule is CN(C)CCNCCOC1CCCCCC1. The second kappa shape index (κ2) is 8.97. The molecule has 1 fully saturated rings. The van der Waals surface area contributed by atoms with E-state index in [2.05, 4.69) is 24.3 Å². The standard InChI is InChI=1S/C13H28N2O/c1-15(2)11-9-14-10-12-16-13-7-5-3-4-6-8-13/h13-14H,3-12H2,1-2H3. The molecule has 3 nitrogen and oxygen atoms in total. The van der Waals surface area contributed by atoms with E-state index in [4.69, 9.17) is 4.74 Å². The molecule has 0 heterocycles. The predicted octanol–water partition coefficient (Wildman–Crippen LogP) is 1.88. The Morgan fingerprint density at radius 1 is 1.06 bits per heavy atom. The van der Waals surface area contributed by atoms with E-state index in [1.165, 1.54) is 38.5 Å². The maximum atomic E-state index is 5.89. The van der Waals surface area contributed by atoms with Crippen LogP contribution in [0.5, 0.6) is 0 Å². The van der Waals surface area contributed by atoms with E-state index in [1.807, 2.05) is 0 Å². The summed E-state index contributed by atoms with van der Waals surface area (Å²) >= 11 is 0. The predicted molar refractivity (Wildman–Crippen MR) is 68.9 cm³/mol. The quantitative estimate of drug-likeness (QED) is 0.532. The lowest BCUT2D eigenvalue weighted by atomic mass is 10.1. The molecule has 0 radical (unpaired) electrons. The third-order valence-corrected chi connectivity index (χ3v) is 3.17. The lowest BCUT2D eigenvalue weighted by Gasteiger charge is -2.16. The highest BCUT2D eigenvalue weighted by Gasteiger charge is 2.11. The first-order valence-electron chi connectivity index (χ1n) is 6.76. The van der Waals surface area contributed by atoms with Crippen molar-refractivity contribution in [2.75, 3.05) is 40.3 Å². The molecule has 0 bridgehead atoms. The highest BCUT2D eigenvalue weighted by molar-refractivity contribution is 4.64. The average Bonchev–Trinajstić information content (AvgIpc) is 2.51. The summed E-state index contributed by atoms with van der Waals surface area (Å²) in [6.45, 7) is 4.02. The molecule has 0 aliphatic heterocycles. The van der Waals surface area contributed by atoms with Gasteiger partial charge in [0.15, 0.2) is 0 Å². The minimum atomic E-state index is 0.540. The largest absolute Gasteiger partial charge is 0.377 e. The summed E-state index contributed by atoms with van der Waals surface area (Å²) in [5, 5.41) is 3.41. The number of nitrogens with one attached hydrogen (secondary N) is 1. The first-order valence-corrected chi connectivity index (χ1v) is 6.76. The Morgan fingerprint density at radius 2 is 1.75 bits per heavy atom. The van der Waals surface area contributed by atoms with Crippen LogP contribution in [0, 0.1) is 0 Å². The minimum absolute atomic E-state index is 0.540. The third-order valence-electron chi connectivity index (χ3n) is 3.17. The second-order valence-electron chi connectivity index (χ2n) is 5.04. The van der Waals surface area contributed by atoms with Gasteiger partial charge in [-0.2, -0.15) is 0 Å². The van der Waals surface area contributed by atoms with Crippen molar-refractivity contribution in [2.24, 2.45) is 0 Å². The van der Waals surface area contributed by atoms with E-state index in [1.54, 1.807) is 0 Å². The molecule has 96 valence electrons. The molecule has 0 atom stereocenters. The molecule has 0 unspecified atom stereocenters. The molecular weight excluding hydrogens is 200 g/mol. The van der Waals surface area contributed by atoms with Crippen molar-refractivity contribution >= 4 is 0 Å². The molecule has 0 spiro atoms. The highest BCUT2D eigenvalue weighted by Crippen LogP contribution is 2.19. The van der Waals surface area contributed by atoms with Crippen molar-refractivity contribution in [3.63, 3.8) is 0 Å². The normalized spacial score (nSPS) is 18.9. The van der Waals surface area contributed by atoms with Crippen LogP contribution in [0.3, 0.4) is 0 Å². The van der Waals surface area contributed by atoms with Crippen LogP contribution in [0.15, 0.2) is 0 Å². The zero-order valence-corrected chi connectivity index (χ0v) is 11.0. The Hall–Kier alpha value is -0.120. The molecule has 1 rings (SSSR count). The van der Waals surface area contributed by atoms with Crippen molar-refractivity contribution < 1.29 is 4.74 Å². The van der Waals surface area contributed by atoms with Gasteiger partial charge in [-0.25, -0.2) is 0 Å². The Kier molecular flexibility index (Phi) is 7.81. The number of ether oxygens (including phenoxy) is 1. The van der Waals surface area contributed by atoms with Crippen LogP contribution in [0.2, 0.25) is 0 Å². The van der Waals surface area contributed by atoms with E-state index in [9.17, 15) is 0 Å². The maximum Gasteiger partial charge on any atom is 0.0594 e. The van der Waals surface area contributed by atoms with Gasteiger partial charge in [0.1, 0.15) is 0 Å². The average molecular weight is 228 g/mol. The molecule has 1 N–H and O–H groups in total. The maximum absolute atomic E-state index is 5.89. The Bertz CT molecular complexity index is 154. The summed E-state index contributed by atoms with van der Waals surface area (Å²) in [5.41, 5.74) is 0. The van der Waals surface area contributed by atoms with E-state index in [-0.39, 0.29) is 0 Å². The van der Waals surface area contributed by atoms with Gasteiger partial charge in [-0.15, -0.1) is 0 Å². The van der Waals surface area contributed by atoms with Crippen LogP contribution >= 0.6 is 0 Å². The molecule has 1 aliphatic rings. The van der Waals surface area contributed by atoms with Gasteiger partial charge in [-0.05, 0) is 26.9 Å². The summed E-state index contributed by atoms with van der Waals surface area (Å²) < 4.78 is 5.89. The molecule has 0 aromatic heterocycles. The number of rotatable bonds is 7. The Labute approximate surface area is 101 Å². The van der Waals surface area contributed by atoms with E-state index >= 15 is 0 Å². The highest BCUT2D eigenvalue weighted by atomic mass is 16.5. The van der Waals surface area contributed by atoms with Gasteiger partial charge in [-0.1, -0.05) is 25.7 Å². The van der Waals surface area contributed by atoms with Gasteiger partial charge in [-0.3, -0.25) is 0 Å². The zero-order valence-electron chi connectivity index (χ0n) is 11.0. The summed E-state index contributed by atoms with van der Waals surface area (Å²) in [7, 11) is 4.20. The number of likely N-dealkylation sites (N-methyl/N-ethyl adjacent to an activating group) is 1. The Morgan fingerprint density at radius 3 is 2.38 bits per heavy atom. The van der Waals surface area contributed by atoms with Gasteiger partial charge >= 0.3 is 0 Å². The van der Waals surface area contributed by atoms with Crippen LogP contribution in [-0.4, -0.2) is 51.3 Å². The van der Waals surface area contributed by atoms with Crippen molar-refractivity contribution in [3.05, 3.63) is 0 Å². The van der Waals surface area contributed by atoms with Crippen molar-refractivity contribution in [1.29, 1.82) is 0 Å². The molecule has 1 saturated carbocycles. The lowest BCUT2D eigenvalue weighted by Crippen LogP contribution is -2.29. The number of hydrogen-bond acceptors (Lipinski definition) is 3. The van der Waals surface area contributed by atoms with Crippen LogP contribution in [0.4, 0.5) is 0 Å². The lowest BCUT2D eigenvalue weighted by molar-refractivity contribution is 0.0451. The first-order chi connectivity index (χ1) is 7.79. The fourth-order valence-electron chi connectivity index (χ4n) is 2.13. The van der Waals surface area contributed by atoms with Gasteiger partial charge in [0, 0.05) is 19.6 Å². The monoisotopic (exact) mass is 228 g/mol. The topological polar surface area (TPSA) is 24.5 Å². The van der Waals surface area contributed by atoms with Crippen molar-refractivity contribution in [1.82, 2.24) is 10.2 Å². The van der Waals surface area contributed by atoms with Crippen LogP contribution < -0.4 is 5.32 Å². The van der Waals surface area contributed by atoms with Gasteiger partial charge < -0.3 is 15.0 Å². The van der Waals surface area contributed by atoms with E-state index in [0.29, 0.717) is 6.10 Å². The smallest absolute Gasteiger partial charge is 0.0594 e. The van der Waals surface area contributed by atoms with Gasteiger partial charge in [0.2, 0.25) is 0 Å². The third kappa shape index (κ3) is 7.20. The molecule has 0 aromatic carbocycles. The van der Waals surface area contributed by atoms with Crippen molar-refractivity contribution in [3.8, 4) is 0 Å². The first kappa shape index (κ1) is 13.9. The van der Waals surface area contributed by atoms with Crippen molar-refractivity contribution in [2.45, 2.75) is 44.6 Å². The van der Waals surface area contributed by atoms with Gasteiger partial charge in [0.25, 0.3) is 0 Å². The summed E-state index contributed by atoms with van der Waals surface area (Å²) in [6, 6.07) is 0. The fraction of sp³-hybridized carbons (Fsp3) is 1.00. The van der Waals surface area contributed by atoms with Gasteiger partial charge in [0.05, 0.1) is 12.7 Å². The molecular formula is C13H28N2O. The molecule has 0 amide bonds. The molecule has 0 saturated heterocycles. The van der Waals surface area contributed by atoms with Crippen LogP contribution in [0.25, 0.3) is 0 Å². The van der Waals surface area contributed by atoms with Crippen LogP contribution in [0.1, 0.15) is 38.5 Å². The Balaban J connectivity index is 1.89. The van der Waals surface area contributed by atoms with Crippen LogP contribution in [-0.2, 0) is 4.74 Å². The minimum Gasteiger partial charge on any atom is -0.377 e. The van der Waals surface area contributed by atoms with E-state index < -0.39 is 0 Å². The zero-order chi connectivity index (χ0) is 11.6. The molecule has 16 heavy (non-hydrogen) atoms. The summed E-state index contributed by atoms with van der Waals surface area (Å²) in [6.07, 6.45) is 8.62. The summed E-state index contributed by atoms with van der Waals surface area (Å²) in [5.74, 6) is 0. The number of hydrogen-bond donors (Lipinski definition) is 1. The second-order valence-corrected chi connectivity index (χ2v) is 5.04. The van der Waals surface area contributed by atoms with E-state index in [0.717, 1.165) is 26.2 Å². The molecule has 1 aliphatic carbocycles.